The number of hydrogen-bond acceptors (Lipinski definition) is 3. The number of rotatable bonds is 3. The smallest absolute Gasteiger partial charge is 0.296 e. The molecule has 1 aromatic heterocycles. The standard InChI is InChI=1S/C10H17N3O/c1-2-13-8-7-12-10(13)14-9-3-5-11-6-4-9/h7-9,11H,2-6H2,1H3. The average molecular weight is 195 g/mol. The summed E-state index contributed by atoms with van der Waals surface area (Å²) in [4.78, 5) is 4.20. The van der Waals surface area contributed by atoms with Gasteiger partial charge in [0.1, 0.15) is 6.10 Å². The topological polar surface area (TPSA) is 39.1 Å². The Hall–Kier alpha value is -1.03. The van der Waals surface area contributed by atoms with E-state index in [-0.39, 0.29) is 0 Å². The van der Waals surface area contributed by atoms with Gasteiger partial charge >= 0.3 is 0 Å². The number of piperidine rings is 1. The molecule has 1 aromatic rings. The second kappa shape index (κ2) is 4.46. The van der Waals surface area contributed by atoms with Gasteiger partial charge in [-0.05, 0) is 32.9 Å². The fourth-order valence-corrected chi connectivity index (χ4v) is 1.72. The molecule has 1 saturated heterocycles. The maximum Gasteiger partial charge on any atom is 0.296 e. The van der Waals surface area contributed by atoms with Gasteiger partial charge in [-0.25, -0.2) is 4.98 Å². The first-order chi connectivity index (χ1) is 6.90. The van der Waals surface area contributed by atoms with E-state index >= 15 is 0 Å². The summed E-state index contributed by atoms with van der Waals surface area (Å²) in [5, 5.41) is 3.32. The third-order valence-corrected chi connectivity index (χ3v) is 2.58. The second-order valence-electron chi connectivity index (χ2n) is 3.56. The number of nitrogens with zero attached hydrogens (tertiary/aromatic N) is 2. The molecule has 0 saturated carbocycles. The zero-order chi connectivity index (χ0) is 9.80. The number of nitrogens with one attached hydrogen (secondary N) is 1. The van der Waals surface area contributed by atoms with Crippen molar-refractivity contribution in [3.63, 3.8) is 0 Å². The highest BCUT2D eigenvalue weighted by atomic mass is 16.5. The Morgan fingerprint density at radius 1 is 1.57 bits per heavy atom. The van der Waals surface area contributed by atoms with Crippen LogP contribution in [0.1, 0.15) is 19.8 Å². The molecule has 2 rings (SSSR count). The molecule has 0 spiro atoms. The molecule has 0 bridgehead atoms. The summed E-state index contributed by atoms with van der Waals surface area (Å²) in [6.45, 7) is 5.12. The second-order valence-corrected chi connectivity index (χ2v) is 3.56. The number of hydrogen-bond donors (Lipinski definition) is 1. The van der Waals surface area contributed by atoms with Crippen LogP contribution in [0.3, 0.4) is 0 Å². The molecule has 14 heavy (non-hydrogen) atoms. The van der Waals surface area contributed by atoms with Crippen molar-refractivity contribution in [2.75, 3.05) is 13.1 Å². The lowest BCUT2D eigenvalue weighted by Gasteiger charge is -2.23. The van der Waals surface area contributed by atoms with E-state index in [9.17, 15) is 0 Å². The fourth-order valence-electron chi connectivity index (χ4n) is 1.72. The lowest BCUT2D eigenvalue weighted by Crippen LogP contribution is -2.34. The van der Waals surface area contributed by atoms with Gasteiger partial charge in [0.15, 0.2) is 0 Å². The Bertz CT molecular complexity index is 279. The van der Waals surface area contributed by atoms with Gasteiger partial charge in [0, 0.05) is 18.9 Å². The Kier molecular flexibility index (Phi) is 3.03. The van der Waals surface area contributed by atoms with Crippen molar-refractivity contribution in [2.45, 2.75) is 32.4 Å². The Labute approximate surface area is 84.3 Å². The first-order valence-corrected chi connectivity index (χ1v) is 5.28. The maximum absolute atomic E-state index is 5.83. The van der Waals surface area contributed by atoms with Crippen LogP contribution in [0.25, 0.3) is 0 Å². The van der Waals surface area contributed by atoms with Gasteiger partial charge in [-0.3, -0.25) is 0 Å². The molecular formula is C10H17N3O. The summed E-state index contributed by atoms with van der Waals surface area (Å²) in [5.41, 5.74) is 0. The molecule has 1 aliphatic rings. The van der Waals surface area contributed by atoms with Crippen LogP contribution >= 0.6 is 0 Å². The maximum atomic E-state index is 5.83. The Morgan fingerprint density at radius 2 is 2.36 bits per heavy atom. The fraction of sp³-hybridized carbons (Fsp3) is 0.700. The predicted molar refractivity (Wildman–Crippen MR) is 54.4 cm³/mol. The van der Waals surface area contributed by atoms with Crippen molar-refractivity contribution >= 4 is 0 Å². The zero-order valence-electron chi connectivity index (χ0n) is 8.57. The first-order valence-electron chi connectivity index (χ1n) is 5.28. The van der Waals surface area contributed by atoms with E-state index in [1.165, 1.54) is 0 Å². The van der Waals surface area contributed by atoms with E-state index in [0.29, 0.717) is 6.10 Å². The molecule has 78 valence electrons. The van der Waals surface area contributed by atoms with Crippen LogP contribution in [0.15, 0.2) is 12.4 Å². The van der Waals surface area contributed by atoms with Gasteiger partial charge in [-0.1, -0.05) is 0 Å². The highest BCUT2D eigenvalue weighted by molar-refractivity contribution is 4.99. The number of aryl methyl sites for hydroxylation is 1. The van der Waals surface area contributed by atoms with Crippen LogP contribution in [0.5, 0.6) is 6.01 Å². The third-order valence-electron chi connectivity index (χ3n) is 2.58. The van der Waals surface area contributed by atoms with Crippen LogP contribution < -0.4 is 10.1 Å². The molecule has 1 N–H and O–H groups in total. The summed E-state index contributed by atoms with van der Waals surface area (Å²) >= 11 is 0. The van der Waals surface area contributed by atoms with Crippen LogP contribution in [-0.2, 0) is 6.54 Å². The number of imidazole rings is 1. The summed E-state index contributed by atoms with van der Waals surface area (Å²) in [7, 11) is 0. The normalized spacial score (nSPS) is 18.4. The van der Waals surface area contributed by atoms with Crippen LogP contribution in [0, 0.1) is 0 Å². The molecule has 1 fully saturated rings. The molecule has 0 aromatic carbocycles. The SMILES string of the molecule is CCn1ccnc1OC1CCNCC1. The van der Waals surface area contributed by atoms with Gasteiger partial charge in [-0.2, -0.15) is 0 Å². The van der Waals surface area contributed by atoms with Crippen LogP contribution in [0.4, 0.5) is 0 Å². The highest BCUT2D eigenvalue weighted by Crippen LogP contribution is 2.14. The molecule has 0 amide bonds. The summed E-state index contributed by atoms with van der Waals surface area (Å²) in [5.74, 6) is 0. The minimum Gasteiger partial charge on any atom is -0.461 e. The van der Waals surface area contributed by atoms with E-state index < -0.39 is 0 Å². The number of ether oxygens (including phenoxy) is 1. The Balaban J connectivity index is 1.95. The van der Waals surface area contributed by atoms with Gasteiger partial charge in [-0.15, -0.1) is 0 Å². The molecule has 0 radical (unpaired) electrons. The summed E-state index contributed by atoms with van der Waals surface area (Å²) in [6.07, 6.45) is 6.24. The molecule has 0 unspecified atom stereocenters. The van der Waals surface area contributed by atoms with Gasteiger partial charge in [0.2, 0.25) is 0 Å². The molecular weight excluding hydrogens is 178 g/mol. The van der Waals surface area contributed by atoms with Crippen molar-refractivity contribution < 1.29 is 4.74 Å². The van der Waals surface area contributed by atoms with Crippen LogP contribution in [0.2, 0.25) is 0 Å². The minimum absolute atomic E-state index is 0.337. The van der Waals surface area contributed by atoms with Gasteiger partial charge in [0.05, 0.1) is 0 Å². The van der Waals surface area contributed by atoms with Crippen molar-refractivity contribution in [1.82, 2.24) is 14.9 Å². The van der Waals surface area contributed by atoms with E-state index in [0.717, 1.165) is 38.5 Å². The molecule has 4 heteroatoms. The van der Waals surface area contributed by atoms with E-state index in [4.69, 9.17) is 4.74 Å². The molecule has 2 heterocycles. The highest BCUT2D eigenvalue weighted by Gasteiger charge is 2.16. The predicted octanol–water partition coefficient (Wildman–Crippen LogP) is 1.03. The van der Waals surface area contributed by atoms with Crippen molar-refractivity contribution in [3.05, 3.63) is 12.4 Å². The molecule has 4 nitrogen and oxygen atoms in total. The third kappa shape index (κ3) is 2.07. The van der Waals surface area contributed by atoms with Crippen LogP contribution in [-0.4, -0.2) is 28.7 Å². The zero-order valence-corrected chi connectivity index (χ0v) is 8.57. The molecule has 1 aliphatic heterocycles. The largest absolute Gasteiger partial charge is 0.461 e. The van der Waals surface area contributed by atoms with Gasteiger partial charge in [0.25, 0.3) is 6.01 Å². The summed E-state index contributed by atoms with van der Waals surface area (Å²) < 4.78 is 7.86. The number of aromatic nitrogens is 2. The van der Waals surface area contributed by atoms with Crippen molar-refractivity contribution in [2.24, 2.45) is 0 Å². The lowest BCUT2D eigenvalue weighted by atomic mass is 10.1. The monoisotopic (exact) mass is 195 g/mol. The summed E-state index contributed by atoms with van der Waals surface area (Å²) in [6, 6.07) is 0.763. The lowest BCUT2D eigenvalue weighted by molar-refractivity contribution is 0.143. The Morgan fingerprint density at radius 3 is 3.07 bits per heavy atom. The van der Waals surface area contributed by atoms with E-state index in [1.54, 1.807) is 6.20 Å². The molecule has 0 atom stereocenters. The molecule has 0 aliphatic carbocycles. The quantitative estimate of drug-likeness (QED) is 0.783. The van der Waals surface area contributed by atoms with Crippen molar-refractivity contribution in [1.29, 1.82) is 0 Å². The van der Waals surface area contributed by atoms with E-state index in [1.807, 2.05) is 10.8 Å². The van der Waals surface area contributed by atoms with E-state index in [2.05, 4.69) is 17.2 Å². The first kappa shape index (κ1) is 9.52. The van der Waals surface area contributed by atoms with Gasteiger partial charge < -0.3 is 14.6 Å². The van der Waals surface area contributed by atoms with Crippen molar-refractivity contribution in [3.8, 4) is 6.01 Å². The minimum atomic E-state index is 0.337. The average Bonchev–Trinajstić information content (AvgIpc) is 2.67.